The van der Waals surface area contributed by atoms with Gasteiger partial charge in [-0.25, -0.2) is 14.4 Å². The Bertz CT molecular complexity index is 1970. The van der Waals surface area contributed by atoms with E-state index in [0.717, 1.165) is 79.9 Å². The summed E-state index contributed by atoms with van der Waals surface area (Å²) in [6.45, 7) is 10.7. The summed E-state index contributed by atoms with van der Waals surface area (Å²) in [7, 11) is 0. The molecule has 0 aliphatic rings. The molecule has 0 unspecified atom stereocenters. The van der Waals surface area contributed by atoms with E-state index in [1.165, 1.54) is 6.08 Å². The van der Waals surface area contributed by atoms with Crippen molar-refractivity contribution in [3.63, 3.8) is 0 Å². The molecule has 0 fully saturated rings. The van der Waals surface area contributed by atoms with Gasteiger partial charge >= 0.3 is 17.9 Å². The average Bonchev–Trinajstić information content (AvgIpc) is 3.26. The van der Waals surface area contributed by atoms with E-state index in [9.17, 15) is 14.4 Å². The maximum absolute atomic E-state index is 12.7. The molecular formula is C47H52N2O10. The Morgan fingerprint density at radius 2 is 0.983 bits per heavy atom. The lowest BCUT2D eigenvalue weighted by molar-refractivity contribution is -0.138. The zero-order chi connectivity index (χ0) is 41.9. The number of carbonyl (C=O) groups is 3. The van der Waals surface area contributed by atoms with E-state index in [-0.39, 0.29) is 12.8 Å². The highest BCUT2D eigenvalue weighted by atomic mass is 16.7. The summed E-state index contributed by atoms with van der Waals surface area (Å²) in [6.07, 6.45) is 12.8. The van der Waals surface area contributed by atoms with Crippen LogP contribution < -0.4 is 23.7 Å². The third-order valence-electron chi connectivity index (χ3n) is 8.56. The van der Waals surface area contributed by atoms with Crippen molar-refractivity contribution < 1.29 is 47.5 Å². The van der Waals surface area contributed by atoms with Crippen molar-refractivity contribution in [2.24, 2.45) is 10.2 Å². The van der Waals surface area contributed by atoms with Crippen LogP contribution in [0.1, 0.15) is 78.4 Å². The van der Waals surface area contributed by atoms with Crippen LogP contribution in [0.15, 0.2) is 127 Å². The van der Waals surface area contributed by atoms with E-state index in [4.69, 9.17) is 33.2 Å². The second-order valence-corrected chi connectivity index (χ2v) is 13.1. The van der Waals surface area contributed by atoms with Crippen LogP contribution in [0.4, 0.5) is 0 Å². The van der Waals surface area contributed by atoms with Gasteiger partial charge in [0.05, 0.1) is 44.4 Å². The van der Waals surface area contributed by atoms with Gasteiger partial charge < -0.3 is 33.2 Å². The first-order valence-electron chi connectivity index (χ1n) is 19.6. The molecule has 0 heterocycles. The third-order valence-corrected chi connectivity index (χ3v) is 8.56. The lowest BCUT2D eigenvalue weighted by Crippen LogP contribution is -2.08. The minimum atomic E-state index is -0.474. The molecule has 0 aromatic heterocycles. The molecule has 310 valence electrons. The van der Waals surface area contributed by atoms with Gasteiger partial charge in [0, 0.05) is 12.2 Å². The van der Waals surface area contributed by atoms with E-state index in [2.05, 4.69) is 23.4 Å². The molecule has 0 bridgehead atoms. The minimum absolute atomic E-state index is 0.0460. The van der Waals surface area contributed by atoms with Crippen molar-refractivity contribution in [3.05, 3.63) is 139 Å². The van der Waals surface area contributed by atoms with E-state index < -0.39 is 11.9 Å². The number of unbranched alkanes of at least 4 members (excludes halogenated alkanes) is 6. The molecular weight excluding hydrogens is 753 g/mol. The predicted molar refractivity (Wildman–Crippen MR) is 227 cm³/mol. The standard InChI is InChI=1S/C47H52N2O10/c1-4-45(50)55-30-12-8-6-10-28-53-40-21-17-39(18-22-40)47(52)59-43-19-14-37(15-20-43)33-48-49-34-38-16-27-44(36(3)32-38)58-35-57-42-25-23-41(24-26-42)54-29-11-7-9-13-31-56-46(51)5-2/h4-5,14-27,32-34H,1-2,6-13,28-31,35H2,3H3/b48-33+,49-34+. The first kappa shape index (κ1) is 45.0. The van der Waals surface area contributed by atoms with Crippen molar-refractivity contribution in [1.29, 1.82) is 0 Å². The molecule has 59 heavy (non-hydrogen) atoms. The Kier molecular flexibility index (Phi) is 20.0. The van der Waals surface area contributed by atoms with Gasteiger partial charge in [-0.2, -0.15) is 10.2 Å². The monoisotopic (exact) mass is 804 g/mol. The normalized spacial score (nSPS) is 10.9. The average molecular weight is 805 g/mol. The molecule has 0 aliphatic carbocycles. The largest absolute Gasteiger partial charge is 0.494 e. The van der Waals surface area contributed by atoms with Crippen LogP contribution in [0, 0.1) is 6.92 Å². The summed E-state index contributed by atoms with van der Waals surface area (Å²) in [5.41, 5.74) is 2.97. The summed E-state index contributed by atoms with van der Waals surface area (Å²) in [5.74, 6) is 1.94. The van der Waals surface area contributed by atoms with Gasteiger partial charge in [0.2, 0.25) is 6.79 Å². The van der Waals surface area contributed by atoms with Crippen molar-refractivity contribution in [1.82, 2.24) is 0 Å². The number of ether oxygens (including phenoxy) is 7. The van der Waals surface area contributed by atoms with Crippen molar-refractivity contribution >= 4 is 30.3 Å². The highest BCUT2D eigenvalue weighted by Gasteiger charge is 2.09. The molecule has 4 aromatic rings. The number of aryl methyl sites for hydroxylation is 1. The van der Waals surface area contributed by atoms with Crippen LogP contribution in [0.2, 0.25) is 0 Å². The predicted octanol–water partition coefficient (Wildman–Crippen LogP) is 9.42. The summed E-state index contributed by atoms with van der Waals surface area (Å²) in [6, 6.07) is 26.9. The quantitative estimate of drug-likeness (QED) is 0.0109. The Hall–Kier alpha value is -6.69. The number of hydrogen-bond donors (Lipinski definition) is 0. The molecule has 0 radical (unpaired) electrons. The third kappa shape index (κ3) is 18.0. The minimum Gasteiger partial charge on any atom is -0.494 e. The van der Waals surface area contributed by atoms with Crippen molar-refractivity contribution in [2.45, 2.75) is 58.3 Å². The first-order chi connectivity index (χ1) is 28.8. The van der Waals surface area contributed by atoms with Crippen LogP contribution in [-0.2, 0) is 19.1 Å². The van der Waals surface area contributed by atoms with E-state index in [1.807, 2.05) is 49.4 Å². The summed E-state index contributed by atoms with van der Waals surface area (Å²) < 4.78 is 38.6. The number of esters is 3. The SMILES string of the molecule is C=CC(=O)OCCCCCCOc1ccc(OCOc2ccc(/C=N/N=C/c3ccc(OC(=O)c4ccc(OCCCCCCOC(=O)C=C)cc4)cc3)cc2C)cc1. The zero-order valence-corrected chi connectivity index (χ0v) is 33.6. The molecule has 12 heteroatoms. The fourth-order valence-corrected chi connectivity index (χ4v) is 5.34. The molecule has 0 amide bonds. The Morgan fingerprint density at radius 1 is 0.525 bits per heavy atom. The molecule has 0 atom stereocenters. The van der Waals surface area contributed by atoms with Gasteiger partial charge in [0.1, 0.15) is 28.7 Å². The van der Waals surface area contributed by atoms with Gasteiger partial charge in [-0.1, -0.05) is 13.2 Å². The number of rotatable bonds is 27. The van der Waals surface area contributed by atoms with Gasteiger partial charge in [0.15, 0.2) is 0 Å². The molecule has 0 saturated heterocycles. The van der Waals surface area contributed by atoms with Crippen molar-refractivity contribution in [3.8, 4) is 28.7 Å². The summed E-state index contributed by atoms with van der Waals surface area (Å²) in [4.78, 5) is 34.7. The second kappa shape index (κ2) is 26.3. The molecule has 4 aromatic carbocycles. The summed E-state index contributed by atoms with van der Waals surface area (Å²) in [5, 5.41) is 8.31. The van der Waals surface area contributed by atoms with E-state index in [1.54, 1.807) is 61.0 Å². The maximum Gasteiger partial charge on any atom is 0.343 e. The van der Waals surface area contributed by atoms with E-state index >= 15 is 0 Å². The van der Waals surface area contributed by atoms with Crippen LogP contribution in [-0.4, -0.2) is 63.6 Å². The zero-order valence-electron chi connectivity index (χ0n) is 33.6. The highest BCUT2D eigenvalue weighted by molar-refractivity contribution is 5.91. The lowest BCUT2D eigenvalue weighted by Gasteiger charge is -2.12. The topological polar surface area (TPSA) is 141 Å². The lowest BCUT2D eigenvalue weighted by atomic mass is 10.1. The molecule has 0 saturated carbocycles. The number of benzene rings is 4. The molecule has 0 aliphatic heterocycles. The van der Waals surface area contributed by atoms with Gasteiger partial charge in [-0.15, -0.1) is 0 Å². The molecule has 12 nitrogen and oxygen atoms in total. The van der Waals surface area contributed by atoms with Crippen LogP contribution in [0.3, 0.4) is 0 Å². The molecule has 0 N–H and O–H groups in total. The van der Waals surface area contributed by atoms with Gasteiger partial charge in [-0.05, 0) is 166 Å². The fraction of sp³-hybridized carbons (Fsp3) is 0.298. The van der Waals surface area contributed by atoms with Crippen LogP contribution in [0.25, 0.3) is 0 Å². The second-order valence-electron chi connectivity index (χ2n) is 13.1. The van der Waals surface area contributed by atoms with Crippen molar-refractivity contribution in [2.75, 3.05) is 33.2 Å². The van der Waals surface area contributed by atoms with E-state index in [0.29, 0.717) is 55.0 Å². The number of hydrogen-bond acceptors (Lipinski definition) is 12. The van der Waals surface area contributed by atoms with Crippen LogP contribution >= 0.6 is 0 Å². The Balaban J connectivity index is 1.09. The molecule has 4 rings (SSSR count). The smallest absolute Gasteiger partial charge is 0.343 e. The summed E-state index contributed by atoms with van der Waals surface area (Å²) >= 11 is 0. The van der Waals surface area contributed by atoms with Gasteiger partial charge in [0.25, 0.3) is 0 Å². The Labute approximate surface area is 346 Å². The maximum atomic E-state index is 12.7. The number of nitrogens with zero attached hydrogens (tertiary/aromatic N) is 2. The van der Waals surface area contributed by atoms with Gasteiger partial charge in [-0.3, -0.25) is 0 Å². The van der Waals surface area contributed by atoms with Crippen LogP contribution in [0.5, 0.6) is 28.7 Å². The highest BCUT2D eigenvalue weighted by Crippen LogP contribution is 2.22. The number of carbonyl (C=O) groups excluding carboxylic acids is 3. The molecule has 0 spiro atoms. The first-order valence-corrected chi connectivity index (χ1v) is 19.6. The Morgan fingerprint density at radius 3 is 1.51 bits per heavy atom. The fourth-order valence-electron chi connectivity index (χ4n) is 5.34.